The maximum atomic E-state index is 13.7. The molecule has 6 heteroatoms. The average Bonchev–Trinajstić information content (AvgIpc) is 2.31. The number of hydrogen-bond acceptors (Lipinski definition) is 3. The number of carbonyl (C=O) groups excluding carboxylic acids is 1. The Hall–Kier alpha value is -0.500. The fourth-order valence-electron chi connectivity index (χ4n) is 1.22. The van der Waals surface area contributed by atoms with Crippen LogP contribution in [0.25, 0.3) is 0 Å². The van der Waals surface area contributed by atoms with Crippen LogP contribution >= 0.6 is 38.8 Å². The smallest absolute Gasteiger partial charge is 0.357 e. The summed E-state index contributed by atoms with van der Waals surface area (Å²) in [5, 5.41) is 0.437. The molecular weight excluding hydrogens is 392 g/mol. The van der Waals surface area contributed by atoms with Gasteiger partial charge in [-0.3, -0.25) is 0 Å². The van der Waals surface area contributed by atoms with Crippen LogP contribution in [0.4, 0.5) is 4.39 Å². The summed E-state index contributed by atoms with van der Waals surface area (Å²) in [5.41, 5.74) is 0.817. The maximum Gasteiger partial charge on any atom is 0.357 e. The van der Waals surface area contributed by atoms with Crippen molar-refractivity contribution < 1.29 is 13.9 Å². The first-order chi connectivity index (χ1) is 7.65. The highest BCUT2D eigenvalue weighted by Gasteiger charge is 2.21. The van der Waals surface area contributed by atoms with E-state index in [4.69, 9.17) is 0 Å². The minimum absolute atomic E-state index is 0.0179. The first-order valence-electron chi connectivity index (χ1n) is 4.26. The predicted octanol–water partition coefficient (Wildman–Crippen LogP) is 3.03. The summed E-state index contributed by atoms with van der Waals surface area (Å²) in [6.45, 7) is 0. The van der Waals surface area contributed by atoms with E-state index in [9.17, 15) is 9.18 Å². The number of nitrogens with zero attached hydrogens (tertiary/aromatic N) is 1. The fraction of sp³-hybridized carbons (Fsp3) is 0.200. The monoisotopic (exact) mass is 399 g/mol. The lowest BCUT2D eigenvalue weighted by atomic mass is 10.0. The molecule has 0 heterocycles. The van der Waals surface area contributed by atoms with Gasteiger partial charge in [-0.15, -0.1) is 0 Å². The minimum atomic E-state index is -0.651. The van der Waals surface area contributed by atoms with Gasteiger partial charge in [0, 0.05) is 10.9 Å². The van der Waals surface area contributed by atoms with Crippen molar-refractivity contribution in [2.24, 2.45) is 3.21 Å². The Kier molecular flexibility index (Phi) is 5.33. The SMILES string of the molecule is COC(=O)/C(=N/I)c1c(F)cccc1CBr. The van der Waals surface area contributed by atoms with E-state index >= 15 is 0 Å². The summed E-state index contributed by atoms with van der Waals surface area (Å²) < 4.78 is 22.0. The van der Waals surface area contributed by atoms with Crippen LogP contribution in [0.5, 0.6) is 0 Å². The van der Waals surface area contributed by atoms with E-state index in [0.29, 0.717) is 10.9 Å². The second kappa shape index (κ2) is 6.29. The number of rotatable bonds is 3. The molecule has 0 unspecified atom stereocenters. The lowest BCUT2D eigenvalue weighted by Crippen LogP contribution is -2.19. The van der Waals surface area contributed by atoms with E-state index in [1.807, 2.05) is 0 Å². The molecule has 0 spiro atoms. The number of hydrogen-bond donors (Lipinski definition) is 0. The average molecular weight is 400 g/mol. The van der Waals surface area contributed by atoms with E-state index in [-0.39, 0.29) is 11.3 Å². The molecule has 0 saturated carbocycles. The van der Waals surface area contributed by atoms with Crippen molar-refractivity contribution in [1.82, 2.24) is 0 Å². The Balaban J connectivity index is 3.35. The van der Waals surface area contributed by atoms with Gasteiger partial charge in [-0.1, -0.05) is 28.1 Å². The molecule has 1 aromatic rings. The van der Waals surface area contributed by atoms with E-state index in [1.165, 1.54) is 13.2 Å². The van der Waals surface area contributed by atoms with Crippen LogP contribution in [0, 0.1) is 5.82 Å². The highest BCUT2D eigenvalue weighted by atomic mass is 127. The molecule has 1 aromatic carbocycles. The molecule has 16 heavy (non-hydrogen) atoms. The van der Waals surface area contributed by atoms with Gasteiger partial charge >= 0.3 is 5.97 Å². The second-order valence-corrected chi connectivity index (χ2v) is 3.88. The van der Waals surface area contributed by atoms with Gasteiger partial charge in [-0.05, 0) is 11.6 Å². The van der Waals surface area contributed by atoms with Gasteiger partial charge in [-0.25, -0.2) is 12.4 Å². The molecule has 0 bridgehead atoms. The molecule has 86 valence electrons. The largest absolute Gasteiger partial charge is 0.464 e. The number of carbonyl (C=O) groups is 1. The van der Waals surface area contributed by atoms with Crippen molar-refractivity contribution in [3.63, 3.8) is 0 Å². The van der Waals surface area contributed by atoms with Gasteiger partial charge in [0.2, 0.25) is 0 Å². The van der Waals surface area contributed by atoms with Crippen LogP contribution in [0.3, 0.4) is 0 Å². The van der Waals surface area contributed by atoms with Crippen LogP contribution in [-0.4, -0.2) is 18.8 Å². The summed E-state index contributed by atoms with van der Waals surface area (Å²) in [7, 11) is 1.23. The first kappa shape index (κ1) is 13.6. The fourth-order valence-corrected chi connectivity index (χ4v) is 2.13. The van der Waals surface area contributed by atoms with Crippen molar-refractivity contribution >= 4 is 50.5 Å². The van der Waals surface area contributed by atoms with Crippen molar-refractivity contribution in [2.45, 2.75) is 5.33 Å². The third kappa shape index (κ3) is 2.79. The van der Waals surface area contributed by atoms with Crippen molar-refractivity contribution in [2.75, 3.05) is 7.11 Å². The van der Waals surface area contributed by atoms with Crippen LogP contribution < -0.4 is 0 Å². The summed E-state index contributed by atoms with van der Waals surface area (Å²) in [6, 6.07) is 4.59. The zero-order valence-corrected chi connectivity index (χ0v) is 12.1. The summed E-state index contributed by atoms with van der Waals surface area (Å²) in [5.74, 6) is -1.14. The van der Waals surface area contributed by atoms with Gasteiger partial charge in [0.25, 0.3) is 0 Å². The number of alkyl halides is 1. The molecule has 0 N–H and O–H groups in total. The predicted molar refractivity (Wildman–Crippen MR) is 71.6 cm³/mol. The topological polar surface area (TPSA) is 38.7 Å². The Labute approximate surface area is 115 Å². The highest BCUT2D eigenvalue weighted by molar-refractivity contribution is 14.1. The number of methoxy groups -OCH3 is 1. The molecule has 0 saturated heterocycles. The van der Waals surface area contributed by atoms with Crippen LogP contribution in [0.15, 0.2) is 21.4 Å². The number of esters is 1. The molecule has 0 atom stereocenters. The zero-order chi connectivity index (χ0) is 12.1. The molecule has 0 aromatic heterocycles. The number of ether oxygens (including phenoxy) is 1. The molecule has 0 amide bonds. The molecule has 0 radical (unpaired) electrons. The molecule has 1 rings (SSSR count). The normalized spacial score (nSPS) is 11.4. The van der Waals surface area contributed by atoms with E-state index in [1.54, 1.807) is 35.0 Å². The van der Waals surface area contributed by atoms with E-state index in [0.717, 1.165) is 0 Å². The Morgan fingerprint density at radius 3 is 2.81 bits per heavy atom. The van der Waals surface area contributed by atoms with Crippen LogP contribution in [0.2, 0.25) is 0 Å². The van der Waals surface area contributed by atoms with Gasteiger partial charge in [0.1, 0.15) is 5.82 Å². The summed E-state index contributed by atoms with van der Waals surface area (Å²) in [4.78, 5) is 11.4. The Morgan fingerprint density at radius 1 is 1.62 bits per heavy atom. The van der Waals surface area contributed by atoms with Gasteiger partial charge in [-0.2, -0.15) is 0 Å². The lowest BCUT2D eigenvalue weighted by molar-refractivity contribution is -0.132. The Bertz CT molecular complexity index is 437. The highest BCUT2D eigenvalue weighted by Crippen LogP contribution is 2.19. The third-order valence-corrected chi connectivity index (χ3v) is 3.03. The van der Waals surface area contributed by atoms with Crippen molar-refractivity contribution in [1.29, 1.82) is 0 Å². The molecular formula is C10H8BrFINO2. The summed E-state index contributed by atoms with van der Waals surface area (Å²) in [6.07, 6.45) is 0. The minimum Gasteiger partial charge on any atom is -0.464 e. The quantitative estimate of drug-likeness (QED) is 0.339. The summed E-state index contributed by atoms with van der Waals surface area (Å²) >= 11 is 4.88. The maximum absolute atomic E-state index is 13.7. The second-order valence-electron chi connectivity index (χ2n) is 2.83. The molecule has 0 aliphatic rings. The molecule has 3 nitrogen and oxygen atoms in total. The first-order valence-corrected chi connectivity index (χ1v) is 6.35. The van der Waals surface area contributed by atoms with Crippen molar-refractivity contribution in [3.8, 4) is 0 Å². The lowest BCUT2D eigenvalue weighted by Gasteiger charge is -2.08. The van der Waals surface area contributed by atoms with E-state index in [2.05, 4.69) is 23.9 Å². The van der Waals surface area contributed by atoms with Crippen molar-refractivity contribution in [3.05, 3.63) is 35.1 Å². The molecule has 0 aliphatic heterocycles. The van der Waals surface area contributed by atoms with E-state index < -0.39 is 11.8 Å². The Morgan fingerprint density at radius 2 is 2.31 bits per heavy atom. The van der Waals surface area contributed by atoms with Gasteiger partial charge in [0.15, 0.2) is 5.71 Å². The van der Waals surface area contributed by atoms with Gasteiger partial charge < -0.3 is 4.74 Å². The standard InChI is InChI=1S/C10H8BrFINO2/c1-16-10(15)9(14-13)8-6(5-11)3-2-4-7(8)12/h2-4H,5H2,1H3/b14-9+. The number of benzene rings is 1. The molecule has 0 fully saturated rings. The van der Waals surface area contributed by atoms with Gasteiger partial charge in [0.05, 0.1) is 30.0 Å². The zero-order valence-electron chi connectivity index (χ0n) is 8.34. The molecule has 0 aliphatic carbocycles. The van der Waals surface area contributed by atoms with Crippen LogP contribution in [0.1, 0.15) is 11.1 Å². The van der Waals surface area contributed by atoms with Crippen LogP contribution in [-0.2, 0) is 14.9 Å². The third-order valence-electron chi connectivity index (χ3n) is 1.94. The number of halogens is 3.